The van der Waals surface area contributed by atoms with Crippen molar-refractivity contribution >= 4 is 33.9 Å². The minimum Gasteiger partial charge on any atom is -0.505 e. The second-order valence-electron chi connectivity index (χ2n) is 13.3. The third-order valence-electron chi connectivity index (χ3n) is 9.01. The van der Waals surface area contributed by atoms with Crippen molar-refractivity contribution in [2.45, 2.75) is 52.6 Å². The zero-order valence-electron chi connectivity index (χ0n) is 29.2. The summed E-state index contributed by atoms with van der Waals surface area (Å²) in [5, 5.41) is 46.3. The standard InChI is InChI=1S/C40H38N8O4/c1-23(2)27-17-29(37(49)35(19-27)47-43-31-9-5-6-10-32(31)44-47)21-41-39(51)25-13-15-26(16-14-25)40(52)42-22-30-18-28(24(3)4)20-36(38(30)50)48-45-33-11-7-8-12-34(33)46-48/h5-20,23-24,49-50H,21-22H2,1-4H3,(H,41,51)(H,42,52). The molecular weight excluding hydrogens is 656 g/mol. The number of rotatable bonds is 10. The normalized spacial score (nSPS) is 11.5. The molecule has 262 valence electrons. The van der Waals surface area contributed by atoms with Gasteiger partial charge in [0, 0.05) is 35.3 Å². The maximum atomic E-state index is 13.2. The van der Waals surface area contributed by atoms with Gasteiger partial charge in [-0.25, -0.2) is 0 Å². The lowest BCUT2D eigenvalue weighted by Gasteiger charge is -2.15. The fourth-order valence-corrected chi connectivity index (χ4v) is 5.91. The molecule has 0 radical (unpaired) electrons. The Bertz CT molecular complexity index is 2210. The molecule has 0 atom stereocenters. The van der Waals surface area contributed by atoms with Crippen molar-refractivity contribution in [1.82, 2.24) is 40.6 Å². The minimum atomic E-state index is -0.367. The highest BCUT2D eigenvalue weighted by atomic mass is 16.3. The lowest BCUT2D eigenvalue weighted by atomic mass is 9.98. The van der Waals surface area contributed by atoms with E-state index in [1.807, 2.05) is 100 Å². The second-order valence-corrected chi connectivity index (χ2v) is 13.3. The van der Waals surface area contributed by atoms with Gasteiger partial charge in [-0.1, -0.05) is 52.0 Å². The summed E-state index contributed by atoms with van der Waals surface area (Å²) >= 11 is 0. The molecule has 0 aliphatic heterocycles. The molecule has 7 aromatic rings. The Morgan fingerprint density at radius 3 is 1.19 bits per heavy atom. The van der Waals surface area contributed by atoms with E-state index >= 15 is 0 Å². The van der Waals surface area contributed by atoms with Crippen molar-refractivity contribution in [3.8, 4) is 22.9 Å². The number of nitrogens with one attached hydrogen (secondary N) is 2. The van der Waals surface area contributed by atoms with E-state index in [2.05, 4.69) is 31.0 Å². The number of hydrogen-bond acceptors (Lipinski definition) is 8. The molecule has 0 bridgehead atoms. The average Bonchev–Trinajstić information content (AvgIpc) is 3.78. The fraction of sp³-hybridized carbons (Fsp3) is 0.200. The van der Waals surface area contributed by atoms with Crippen LogP contribution in [0.1, 0.15) is 82.5 Å². The Morgan fingerprint density at radius 1 is 0.558 bits per heavy atom. The first-order chi connectivity index (χ1) is 25.0. The molecule has 2 amide bonds. The number of phenols is 2. The van der Waals surface area contributed by atoms with Gasteiger partial charge in [0.2, 0.25) is 0 Å². The van der Waals surface area contributed by atoms with Crippen LogP contribution in [0.5, 0.6) is 11.5 Å². The molecule has 7 rings (SSSR count). The minimum absolute atomic E-state index is 0.0246. The van der Waals surface area contributed by atoms with Gasteiger partial charge in [0.05, 0.1) is 0 Å². The molecular formula is C40H38N8O4. The van der Waals surface area contributed by atoms with Crippen LogP contribution in [0.15, 0.2) is 97.1 Å². The molecule has 0 saturated carbocycles. The summed E-state index contributed by atoms with van der Waals surface area (Å²) in [6.07, 6.45) is 0. The van der Waals surface area contributed by atoms with E-state index in [1.54, 1.807) is 24.3 Å². The van der Waals surface area contributed by atoms with Crippen LogP contribution >= 0.6 is 0 Å². The number of nitrogens with zero attached hydrogens (tertiary/aromatic N) is 6. The number of aromatic nitrogens is 6. The van der Waals surface area contributed by atoms with Gasteiger partial charge in [-0.15, -0.1) is 30.0 Å². The lowest BCUT2D eigenvalue weighted by Crippen LogP contribution is -2.25. The SMILES string of the molecule is CC(C)c1cc(CNC(=O)c2ccc(C(=O)NCc3cc(C(C)C)cc(-n4nc5ccccc5n4)c3O)cc2)c(O)c(-n2nc3ccccc3n2)c1. The van der Waals surface area contributed by atoms with Crippen molar-refractivity contribution in [1.29, 1.82) is 0 Å². The summed E-state index contributed by atoms with van der Waals surface area (Å²) < 4.78 is 0. The zero-order chi connectivity index (χ0) is 36.5. The molecule has 0 fully saturated rings. The summed E-state index contributed by atoms with van der Waals surface area (Å²) in [5.41, 5.74) is 7.32. The van der Waals surface area contributed by atoms with Gasteiger partial charge in [0.25, 0.3) is 11.8 Å². The molecule has 2 aromatic heterocycles. The summed E-state index contributed by atoms with van der Waals surface area (Å²) in [6.45, 7) is 8.31. The van der Waals surface area contributed by atoms with Gasteiger partial charge in [-0.2, -0.15) is 0 Å². The van der Waals surface area contributed by atoms with Crippen LogP contribution < -0.4 is 10.6 Å². The van der Waals surface area contributed by atoms with Crippen molar-refractivity contribution < 1.29 is 19.8 Å². The summed E-state index contributed by atoms with van der Waals surface area (Å²) in [7, 11) is 0. The van der Waals surface area contributed by atoms with E-state index in [1.165, 1.54) is 9.59 Å². The van der Waals surface area contributed by atoms with E-state index in [0.29, 0.717) is 55.7 Å². The molecule has 0 unspecified atom stereocenters. The van der Waals surface area contributed by atoms with Crippen LogP contribution in [0.25, 0.3) is 33.4 Å². The Kier molecular flexibility index (Phi) is 9.12. The molecule has 12 nitrogen and oxygen atoms in total. The first-order valence-corrected chi connectivity index (χ1v) is 17.1. The van der Waals surface area contributed by atoms with E-state index in [-0.39, 0.29) is 48.2 Å². The molecule has 0 spiro atoms. The molecule has 12 heteroatoms. The van der Waals surface area contributed by atoms with Crippen LogP contribution in [0.3, 0.4) is 0 Å². The number of aromatic hydroxyl groups is 2. The van der Waals surface area contributed by atoms with Crippen molar-refractivity contribution in [2.75, 3.05) is 0 Å². The number of fused-ring (bicyclic) bond motifs is 2. The molecule has 0 saturated heterocycles. The van der Waals surface area contributed by atoms with Crippen LogP contribution in [0.2, 0.25) is 0 Å². The topological polar surface area (TPSA) is 160 Å². The number of amides is 2. The third kappa shape index (κ3) is 6.78. The lowest BCUT2D eigenvalue weighted by molar-refractivity contribution is 0.0939. The van der Waals surface area contributed by atoms with Crippen molar-refractivity contribution in [3.63, 3.8) is 0 Å². The molecule has 4 N–H and O–H groups in total. The Morgan fingerprint density at radius 2 is 0.885 bits per heavy atom. The average molecular weight is 695 g/mol. The monoisotopic (exact) mass is 694 g/mol. The Hall–Kier alpha value is -6.56. The van der Waals surface area contributed by atoms with Gasteiger partial charge in [-0.3, -0.25) is 9.59 Å². The summed E-state index contributed by atoms with van der Waals surface area (Å²) in [5.74, 6) is -0.484. The summed E-state index contributed by atoms with van der Waals surface area (Å²) in [6, 6.07) is 28.7. The number of carbonyl (C=O) groups excluding carboxylic acids is 2. The number of phenolic OH excluding ortho intramolecular Hbond substituents is 2. The van der Waals surface area contributed by atoms with Crippen LogP contribution in [-0.2, 0) is 13.1 Å². The van der Waals surface area contributed by atoms with Gasteiger partial charge in [0.15, 0.2) is 0 Å². The second kappa shape index (κ2) is 14.0. The van der Waals surface area contributed by atoms with E-state index in [9.17, 15) is 19.8 Å². The van der Waals surface area contributed by atoms with E-state index in [0.717, 1.165) is 11.1 Å². The Labute approximate surface area is 299 Å². The predicted molar refractivity (Wildman–Crippen MR) is 198 cm³/mol. The first-order valence-electron chi connectivity index (χ1n) is 17.1. The van der Waals surface area contributed by atoms with E-state index < -0.39 is 0 Å². The fourth-order valence-electron chi connectivity index (χ4n) is 5.91. The third-order valence-corrected chi connectivity index (χ3v) is 9.01. The largest absolute Gasteiger partial charge is 0.505 e. The predicted octanol–water partition coefficient (Wildman–Crippen LogP) is 6.67. The molecule has 2 heterocycles. The first kappa shape index (κ1) is 33.9. The maximum absolute atomic E-state index is 13.2. The van der Waals surface area contributed by atoms with Crippen molar-refractivity contribution in [3.05, 3.63) is 130 Å². The Balaban J connectivity index is 1.04. The molecule has 0 aliphatic rings. The number of hydrogen-bond donors (Lipinski definition) is 4. The van der Waals surface area contributed by atoms with Crippen LogP contribution in [0, 0.1) is 0 Å². The maximum Gasteiger partial charge on any atom is 0.251 e. The highest BCUT2D eigenvalue weighted by molar-refractivity contribution is 5.97. The van der Waals surface area contributed by atoms with Gasteiger partial charge < -0.3 is 20.8 Å². The molecule has 5 aromatic carbocycles. The smallest absolute Gasteiger partial charge is 0.251 e. The molecule has 52 heavy (non-hydrogen) atoms. The van der Waals surface area contributed by atoms with Gasteiger partial charge in [0.1, 0.15) is 44.9 Å². The van der Waals surface area contributed by atoms with Crippen molar-refractivity contribution in [2.24, 2.45) is 0 Å². The van der Waals surface area contributed by atoms with E-state index in [4.69, 9.17) is 0 Å². The van der Waals surface area contributed by atoms with Gasteiger partial charge in [-0.05, 0) is 95.8 Å². The number of carbonyl (C=O) groups is 2. The summed E-state index contributed by atoms with van der Waals surface area (Å²) in [4.78, 5) is 29.2. The quantitative estimate of drug-likeness (QED) is 0.124. The highest BCUT2D eigenvalue weighted by Crippen LogP contribution is 2.32. The zero-order valence-corrected chi connectivity index (χ0v) is 29.2. The van der Waals surface area contributed by atoms with Gasteiger partial charge >= 0.3 is 0 Å². The molecule has 0 aliphatic carbocycles. The highest BCUT2D eigenvalue weighted by Gasteiger charge is 2.19. The van der Waals surface area contributed by atoms with Crippen LogP contribution in [0.4, 0.5) is 0 Å². The number of benzene rings is 5. The van der Waals surface area contributed by atoms with Crippen LogP contribution in [-0.4, -0.2) is 52.0 Å².